The van der Waals surface area contributed by atoms with E-state index in [2.05, 4.69) is 17.9 Å². The lowest BCUT2D eigenvalue weighted by Crippen LogP contribution is -2.36. The van der Waals surface area contributed by atoms with Crippen molar-refractivity contribution in [2.24, 2.45) is 5.92 Å². The van der Waals surface area contributed by atoms with Crippen LogP contribution in [0.15, 0.2) is 0 Å². The molecule has 0 aromatic carbocycles. The van der Waals surface area contributed by atoms with Crippen molar-refractivity contribution in [2.75, 3.05) is 33.9 Å². The minimum atomic E-state index is -0.208. The second kappa shape index (κ2) is 7.74. The second-order valence-electron chi connectivity index (χ2n) is 3.28. The molecular formula is C10H20N2O2. The molecule has 0 amide bonds. The molecule has 1 atom stereocenters. The standard InChI is InChI=1S/C10H20N2O2/c1-5-12(7-9(2)6-11)8-10(13-3)14-4/h9-10H,5,7-8H2,1-4H3. The third-order valence-electron chi connectivity index (χ3n) is 2.13. The van der Waals surface area contributed by atoms with Crippen LogP contribution in [-0.4, -0.2) is 45.0 Å². The van der Waals surface area contributed by atoms with Crippen LogP contribution in [0.5, 0.6) is 0 Å². The largest absolute Gasteiger partial charge is 0.355 e. The Bertz CT molecular complexity index is 175. The van der Waals surface area contributed by atoms with E-state index >= 15 is 0 Å². The summed E-state index contributed by atoms with van der Waals surface area (Å²) in [7, 11) is 3.24. The molecule has 4 nitrogen and oxygen atoms in total. The summed E-state index contributed by atoms with van der Waals surface area (Å²) in [6.07, 6.45) is -0.208. The normalized spacial score (nSPS) is 13.2. The molecule has 0 aliphatic rings. The predicted molar refractivity (Wildman–Crippen MR) is 54.7 cm³/mol. The minimum Gasteiger partial charge on any atom is -0.355 e. The molecule has 4 heteroatoms. The first-order chi connectivity index (χ1) is 6.67. The lowest BCUT2D eigenvalue weighted by Gasteiger charge is -2.25. The van der Waals surface area contributed by atoms with E-state index in [4.69, 9.17) is 14.7 Å². The second-order valence-corrected chi connectivity index (χ2v) is 3.28. The van der Waals surface area contributed by atoms with Gasteiger partial charge in [0.1, 0.15) is 0 Å². The summed E-state index contributed by atoms with van der Waals surface area (Å²) >= 11 is 0. The number of ether oxygens (including phenoxy) is 2. The molecule has 0 aliphatic heterocycles. The third kappa shape index (κ3) is 5.18. The van der Waals surface area contributed by atoms with E-state index in [0.717, 1.165) is 13.1 Å². The fourth-order valence-electron chi connectivity index (χ4n) is 1.22. The van der Waals surface area contributed by atoms with Crippen molar-refractivity contribution in [2.45, 2.75) is 20.1 Å². The van der Waals surface area contributed by atoms with E-state index < -0.39 is 0 Å². The molecule has 0 N–H and O–H groups in total. The van der Waals surface area contributed by atoms with Crippen LogP contribution >= 0.6 is 0 Å². The van der Waals surface area contributed by atoms with Gasteiger partial charge in [-0.2, -0.15) is 5.26 Å². The van der Waals surface area contributed by atoms with E-state index in [-0.39, 0.29) is 12.2 Å². The smallest absolute Gasteiger partial charge is 0.169 e. The molecule has 0 bridgehead atoms. The van der Waals surface area contributed by atoms with Gasteiger partial charge in [0.25, 0.3) is 0 Å². The number of nitriles is 1. The quantitative estimate of drug-likeness (QED) is 0.577. The summed E-state index contributed by atoms with van der Waals surface area (Å²) < 4.78 is 10.2. The lowest BCUT2D eigenvalue weighted by atomic mass is 10.2. The van der Waals surface area contributed by atoms with Crippen molar-refractivity contribution < 1.29 is 9.47 Å². The van der Waals surface area contributed by atoms with Gasteiger partial charge in [-0.1, -0.05) is 6.92 Å². The highest BCUT2D eigenvalue weighted by Crippen LogP contribution is 2.01. The molecule has 0 spiro atoms. The van der Waals surface area contributed by atoms with Crippen LogP contribution in [0.1, 0.15) is 13.8 Å². The molecule has 0 aromatic rings. The van der Waals surface area contributed by atoms with Gasteiger partial charge in [0.2, 0.25) is 0 Å². The van der Waals surface area contributed by atoms with Crippen LogP contribution in [0, 0.1) is 17.2 Å². The highest BCUT2D eigenvalue weighted by atomic mass is 16.7. The summed E-state index contributed by atoms with van der Waals surface area (Å²) in [5.41, 5.74) is 0. The van der Waals surface area contributed by atoms with Crippen molar-refractivity contribution in [1.29, 1.82) is 5.26 Å². The van der Waals surface area contributed by atoms with E-state index in [9.17, 15) is 0 Å². The van der Waals surface area contributed by atoms with Gasteiger partial charge in [-0.3, -0.25) is 4.90 Å². The van der Waals surface area contributed by atoms with Gasteiger partial charge in [0.15, 0.2) is 6.29 Å². The van der Waals surface area contributed by atoms with Crippen LogP contribution in [0.4, 0.5) is 0 Å². The first kappa shape index (κ1) is 13.4. The van der Waals surface area contributed by atoms with Crippen LogP contribution < -0.4 is 0 Å². The first-order valence-electron chi connectivity index (χ1n) is 4.85. The van der Waals surface area contributed by atoms with Crippen molar-refractivity contribution in [1.82, 2.24) is 4.90 Å². The highest BCUT2D eigenvalue weighted by molar-refractivity contribution is 4.81. The number of rotatable bonds is 7. The number of nitrogens with zero attached hydrogens (tertiary/aromatic N) is 2. The molecule has 0 saturated carbocycles. The first-order valence-corrected chi connectivity index (χ1v) is 4.85. The van der Waals surface area contributed by atoms with E-state index in [1.807, 2.05) is 6.92 Å². The van der Waals surface area contributed by atoms with Crippen molar-refractivity contribution in [3.8, 4) is 6.07 Å². The summed E-state index contributed by atoms with van der Waals surface area (Å²) in [5, 5.41) is 8.69. The van der Waals surface area contributed by atoms with Crippen LogP contribution in [-0.2, 0) is 9.47 Å². The SMILES string of the molecule is CCN(CC(C)C#N)CC(OC)OC. The van der Waals surface area contributed by atoms with Gasteiger partial charge in [-0.25, -0.2) is 0 Å². The summed E-state index contributed by atoms with van der Waals surface area (Å²) in [5.74, 6) is 0.0457. The average Bonchev–Trinajstić information content (AvgIpc) is 2.23. The number of hydrogen-bond acceptors (Lipinski definition) is 4. The maximum Gasteiger partial charge on any atom is 0.169 e. The Morgan fingerprint density at radius 2 is 1.86 bits per heavy atom. The topological polar surface area (TPSA) is 45.5 Å². The van der Waals surface area contributed by atoms with Crippen molar-refractivity contribution in [3.05, 3.63) is 0 Å². The molecular weight excluding hydrogens is 180 g/mol. The molecule has 0 aromatic heterocycles. The van der Waals surface area contributed by atoms with E-state index in [0.29, 0.717) is 6.54 Å². The van der Waals surface area contributed by atoms with Gasteiger partial charge in [0, 0.05) is 27.3 Å². The van der Waals surface area contributed by atoms with Crippen molar-refractivity contribution in [3.63, 3.8) is 0 Å². The Morgan fingerprint density at radius 1 is 1.29 bits per heavy atom. The summed E-state index contributed by atoms with van der Waals surface area (Å²) in [6.45, 7) is 6.34. The van der Waals surface area contributed by atoms with E-state index in [1.54, 1.807) is 14.2 Å². The van der Waals surface area contributed by atoms with E-state index in [1.165, 1.54) is 0 Å². The number of methoxy groups -OCH3 is 2. The molecule has 0 heterocycles. The van der Waals surface area contributed by atoms with Gasteiger partial charge in [-0.05, 0) is 13.5 Å². The predicted octanol–water partition coefficient (Wildman–Crippen LogP) is 1.09. The number of hydrogen-bond donors (Lipinski definition) is 0. The maximum atomic E-state index is 8.69. The molecule has 0 rings (SSSR count). The summed E-state index contributed by atoms with van der Waals surface area (Å²) in [4.78, 5) is 2.14. The zero-order valence-electron chi connectivity index (χ0n) is 9.49. The Labute approximate surface area is 86.4 Å². The molecule has 0 radical (unpaired) electrons. The molecule has 0 aliphatic carbocycles. The molecule has 0 saturated heterocycles. The molecule has 1 unspecified atom stereocenters. The Hall–Kier alpha value is -0.630. The Balaban J connectivity index is 3.95. The molecule has 0 fully saturated rings. The van der Waals surface area contributed by atoms with Crippen molar-refractivity contribution >= 4 is 0 Å². The van der Waals surface area contributed by atoms with Gasteiger partial charge < -0.3 is 9.47 Å². The van der Waals surface area contributed by atoms with Gasteiger partial charge >= 0.3 is 0 Å². The third-order valence-corrected chi connectivity index (χ3v) is 2.13. The fraction of sp³-hybridized carbons (Fsp3) is 0.900. The zero-order valence-corrected chi connectivity index (χ0v) is 9.49. The van der Waals surface area contributed by atoms with Crippen LogP contribution in [0.3, 0.4) is 0 Å². The maximum absolute atomic E-state index is 8.69. The monoisotopic (exact) mass is 200 g/mol. The Kier molecular flexibility index (Phi) is 7.40. The average molecular weight is 200 g/mol. The Morgan fingerprint density at radius 3 is 2.21 bits per heavy atom. The molecule has 82 valence electrons. The zero-order chi connectivity index (χ0) is 11.0. The number of likely N-dealkylation sites (N-methyl/N-ethyl adjacent to an activating group) is 1. The summed E-state index contributed by atoms with van der Waals surface area (Å²) in [6, 6.07) is 2.22. The van der Waals surface area contributed by atoms with Crippen LogP contribution in [0.25, 0.3) is 0 Å². The van der Waals surface area contributed by atoms with Gasteiger partial charge in [0.05, 0.1) is 12.0 Å². The van der Waals surface area contributed by atoms with Crippen LogP contribution in [0.2, 0.25) is 0 Å². The minimum absolute atomic E-state index is 0.0457. The molecule has 14 heavy (non-hydrogen) atoms. The fourth-order valence-corrected chi connectivity index (χ4v) is 1.22. The lowest BCUT2D eigenvalue weighted by molar-refractivity contribution is -0.116. The highest BCUT2D eigenvalue weighted by Gasteiger charge is 2.13. The van der Waals surface area contributed by atoms with Gasteiger partial charge in [-0.15, -0.1) is 0 Å².